The first-order valence-electron chi connectivity index (χ1n) is 8.17. The summed E-state index contributed by atoms with van der Waals surface area (Å²) in [7, 11) is 1.65. The van der Waals surface area contributed by atoms with Crippen molar-refractivity contribution >= 4 is 29.0 Å². The van der Waals surface area contributed by atoms with Crippen LogP contribution in [0, 0.1) is 0 Å². The molecular weight excluding hydrogens is 320 g/mol. The summed E-state index contributed by atoms with van der Waals surface area (Å²) in [6, 6.07) is 15.6. The van der Waals surface area contributed by atoms with Crippen LogP contribution in [-0.2, 0) is 0 Å². The molecule has 2 aliphatic rings. The van der Waals surface area contributed by atoms with E-state index in [4.69, 9.17) is 4.74 Å². The number of carbonyl (C=O) groups is 1. The number of amides is 1. The molecule has 0 unspecified atom stereocenters. The Morgan fingerprint density at radius 3 is 2.50 bits per heavy atom. The molecule has 0 aliphatic carbocycles. The van der Waals surface area contributed by atoms with Crippen molar-refractivity contribution in [3.63, 3.8) is 0 Å². The molecule has 1 N–H and O–H groups in total. The SMILES string of the molecule is COc1ccc(N2C(=O)c3ccccc3NC23CCSCC3)cc1. The lowest BCUT2D eigenvalue weighted by atomic mass is 9.93. The van der Waals surface area contributed by atoms with E-state index in [0.717, 1.165) is 47.0 Å². The molecule has 0 saturated carbocycles. The Morgan fingerprint density at radius 2 is 1.79 bits per heavy atom. The van der Waals surface area contributed by atoms with E-state index >= 15 is 0 Å². The van der Waals surface area contributed by atoms with Gasteiger partial charge in [-0.15, -0.1) is 0 Å². The Bertz CT molecular complexity index is 754. The number of ether oxygens (including phenoxy) is 1. The van der Waals surface area contributed by atoms with Gasteiger partial charge in [0, 0.05) is 11.4 Å². The molecule has 2 aromatic rings. The monoisotopic (exact) mass is 340 g/mol. The van der Waals surface area contributed by atoms with E-state index in [0.29, 0.717) is 0 Å². The molecule has 24 heavy (non-hydrogen) atoms. The molecule has 124 valence electrons. The number of fused-ring (bicyclic) bond motifs is 1. The Balaban J connectivity index is 1.82. The molecule has 5 heteroatoms. The number of carbonyl (C=O) groups excluding carboxylic acids is 1. The van der Waals surface area contributed by atoms with Gasteiger partial charge in [-0.05, 0) is 60.7 Å². The molecule has 1 spiro atoms. The van der Waals surface area contributed by atoms with Crippen molar-refractivity contribution in [3.8, 4) is 5.75 Å². The maximum Gasteiger partial charge on any atom is 0.262 e. The topological polar surface area (TPSA) is 41.6 Å². The van der Waals surface area contributed by atoms with Crippen molar-refractivity contribution in [2.75, 3.05) is 28.8 Å². The van der Waals surface area contributed by atoms with Crippen molar-refractivity contribution in [1.29, 1.82) is 0 Å². The van der Waals surface area contributed by atoms with Crippen LogP contribution in [0.25, 0.3) is 0 Å². The van der Waals surface area contributed by atoms with E-state index in [1.165, 1.54) is 0 Å². The summed E-state index contributed by atoms with van der Waals surface area (Å²) >= 11 is 1.95. The van der Waals surface area contributed by atoms with Gasteiger partial charge in [-0.2, -0.15) is 11.8 Å². The van der Waals surface area contributed by atoms with Gasteiger partial charge < -0.3 is 10.1 Å². The maximum atomic E-state index is 13.3. The second kappa shape index (κ2) is 6.06. The van der Waals surface area contributed by atoms with E-state index in [1.807, 2.05) is 65.2 Å². The highest BCUT2D eigenvalue weighted by Gasteiger charge is 2.46. The van der Waals surface area contributed by atoms with Crippen LogP contribution in [-0.4, -0.2) is 30.2 Å². The molecule has 0 radical (unpaired) electrons. The number of anilines is 2. The first-order valence-corrected chi connectivity index (χ1v) is 9.33. The van der Waals surface area contributed by atoms with Gasteiger partial charge in [0.15, 0.2) is 0 Å². The minimum atomic E-state index is -0.342. The summed E-state index contributed by atoms with van der Waals surface area (Å²) in [4.78, 5) is 15.2. The highest BCUT2D eigenvalue weighted by Crippen LogP contribution is 2.42. The van der Waals surface area contributed by atoms with Crippen molar-refractivity contribution in [3.05, 3.63) is 54.1 Å². The third-order valence-electron chi connectivity index (χ3n) is 4.81. The van der Waals surface area contributed by atoms with Crippen LogP contribution < -0.4 is 15.0 Å². The first kappa shape index (κ1) is 15.4. The minimum Gasteiger partial charge on any atom is -0.497 e. The predicted octanol–water partition coefficient (Wildman–Crippen LogP) is 3.99. The van der Waals surface area contributed by atoms with Gasteiger partial charge in [-0.3, -0.25) is 9.69 Å². The number of rotatable bonds is 2. The van der Waals surface area contributed by atoms with E-state index in [1.54, 1.807) is 7.11 Å². The number of thioether (sulfide) groups is 1. The molecule has 4 nitrogen and oxygen atoms in total. The Labute approximate surface area is 146 Å². The molecule has 0 bridgehead atoms. The lowest BCUT2D eigenvalue weighted by Gasteiger charge is -2.50. The van der Waals surface area contributed by atoms with Gasteiger partial charge in [0.2, 0.25) is 0 Å². The van der Waals surface area contributed by atoms with Crippen molar-refractivity contribution in [2.45, 2.75) is 18.5 Å². The van der Waals surface area contributed by atoms with Gasteiger partial charge in [0.1, 0.15) is 11.4 Å². The van der Waals surface area contributed by atoms with E-state index in [9.17, 15) is 4.79 Å². The van der Waals surface area contributed by atoms with Gasteiger partial charge in [0.05, 0.1) is 12.7 Å². The van der Waals surface area contributed by atoms with E-state index in [-0.39, 0.29) is 11.6 Å². The van der Waals surface area contributed by atoms with Crippen molar-refractivity contribution in [2.24, 2.45) is 0 Å². The fourth-order valence-corrected chi connectivity index (χ4v) is 4.72. The predicted molar refractivity (Wildman–Crippen MR) is 99.2 cm³/mol. The van der Waals surface area contributed by atoms with Crippen LogP contribution in [0.5, 0.6) is 5.75 Å². The first-order chi connectivity index (χ1) is 11.7. The van der Waals surface area contributed by atoms with E-state index in [2.05, 4.69) is 5.32 Å². The zero-order chi connectivity index (χ0) is 16.6. The average molecular weight is 340 g/mol. The van der Waals surface area contributed by atoms with Gasteiger partial charge in [-0.25, -0.2) is 0 Å². The quantitative estimate of drug-likeness (QED) is 0.897. The fraction of sp³-hybridized carbons (Fsp3) is 0.316. The Hall–Kier alpha value is -2.14. The molecule has 0 atom stereocenters. The van der Waals surface area contributed by atoms with Crippen LogP contribution >= 0.6 is 11.8 Å². The summed E-state index contributed by atoms with van der Waals surface area (Å²) in [6.45, 7) is 0. The number of hydrogen-bond donors (Lipinski definition) is 1. The zero-order valence-corrected chi connectivity index (χ0v) is 14.4. The summed E-state index contributed by atoms with van der Waals surface area (Å²) in [5.74, 6) is 2.97. The zero-order valence-electron chi connectivity index (χ0n) is 13.6. The number of nitrogens with zero attached hydrogens (tertiary/aromatic N) is 1. The van der Waals surface area contributed by atoms with Crippen LogP contribution in [0.15, 0.2) is 48.5 Å². The normalized spacial score (nSPS) is 18.9. The summed E-state index contributed by atoms with van der Waals surface area (Å²) in [5.41, 5.74) is 2.25. The third kappa shape index (κ3) is 2.44. The lowest BCUT2D eigenvalue weighted by molar-refractivity contribution is 0.0949. The molecule has 1 fully saturated rings. The van der Waals surface area contributed by atoms with Crippen molar-refractivity contribution < 1.29 is 9.53 Å². The second-order valence-electron chi connectivity index (χ2n) is 6.15. The highest BCUT2D eigenvalue weighted by atomic mass is 32.2. The molecule has 2 heterocycles. The van der Waals surface area contributed by atoms with Crippen LogP contribution in [0.4, 0.5) is 11.4 Å². The molecule has 2 aromatic carbocycles. The number of para-hydroxylation sites is 1. The Morgan fingerprint density at radius 1 is 1.08 bits per heavy atom. The summed E-state index contributed by atoms with van der Waals surface area (Å²) < 4.78 is 5.25. The lowest BCUT2D eigenvalue weighted by Crippen LogP contribution is -2.62. The molecule has 0 aromatic heterocycles. The number of methoxy groups -OCH3 is 1. The summed E-state index contributed by atoms with van der Waals surface area (Å²) in [6.07, 6.45) is 1.87. The summed E-state index contributed by atoms with van der Waals surface area (Å²) in [5, 5.41) is 3.68. The van der Waals surface area contributed by atoms with Gasteiger partial charge >= 0.3 is 0 Å². The van der Waals surface area contributed by atoms with Gasteiger partial charge in [0.25, 0.3) is 5.91 Å². The maximum absolute atomic E-state index is 13.3. The molecule has 1 saturated heterocycles. The third-order valence-corrected chi connectivity index (χ3v) is 5.79. The van der Waals surface area contributed by atoms with Crippen LogP contribution in [0.3, 0.4) is 0 Å². The van der Waals surface area contributed by atoms with Crippen LogP contribution in [0.2, 0.25) is 0 Å². The second-order valence-corrected chi connectivity index (χ2v) is 7.38. The number of benzene rings is 2. The average Bonchev–Trinajstić information content (AvgIpc) is 2.63. The van der Waals surface area contributed by atoms with E-state index < -0.39 is 0 Å². The highest BCUT2D eigenvalue weighted by molar-refractivity contribution is 7.99. The van der Waals surface area contributed by atoms with Gasteiger partial charge in [-0.1, -0.05) is 12.1 Å². The van der Waals surface area contributed by atoms with Crippen LogP contribution in [0.1, 0.15) is 23.2 Å². The fourth-order valence-electron chi connectivity index (χ4n) is 3.55. The minimum absolute atomic E-state index is 0.0708. The number of hydrogen-bond acceptors (Lipinski definition) is 4. The van der Waals surface area contributed by atoms with Crippen molar-refractivity contribution in [1.82, 2.24) is 0 Å². The Kier molecular flexibility index (Phi) is 3.88. The number of nitrogens with one attached hydrogen (secondary N) is 1. The molecule has 1 amide bonds. The molecule has 2 aliphatic heterocycles. The molecular formula is C19H20N2O2S. The standard InChI is InChI=1S/C19H20N2O2S/c1-23-15-8-6-14(7-9-15)21-18(22)16-4-2-3-5-17(16)20-19(21)10-12-24-13-11-19/h2-9,20H,10-13H2,1H3. The smallest absolute Gasteiger partial charge is 0.262 e. The largest absolute Gasteiger partial charge is 0.497 e. The molecule has 4 rings (SSSR count).